The molecule has 0 aliphatic heterocycles. The van der Waals surface area contributed by atoms with E-state index in [4.69, 9.17) is 5.26 Å². The highest BCUT2D eigenvalue weighted by molar-refractivity contribution is 5.91. The van der Waals surface area contributed by atoms with Crippen molar-refractivity contribution in [2.75, 3.05) is 10.2 Å². The smallest absolute Gasteiger partial charge is 0.323 e. The molecule has 1 fully saturated rings. The van der Waals surface area contributed by atoms with Crippen LogP contribution in [-0.2, 0) is 6.54 Å². The Morgan fingerprint density at radius 2 is 1.74 bits per heavy atom. The molecule has 196 valence electrons. The van der Waals surface area contributed by atoms with Gasteiger partial charge in [0.25, 0.3) is 0 Å². The van der Waals surface area contributed by atoms with E-state index in [0.717, 1.165) is 48.2 Å². The standard InChI is InChI=1S/C30H29N7O2/c31-16-22-6-13-27(32-18-22)36-25-9-11-26(12-10-25)37(30(39)35-17-21-4-2-1-3-5-21)28-14-7-23(19-33-28)24-8-15-29(38)34-20-24/h1-8,13-15,18-20,25-26H,9-12,17H2,(H,32,36)(H,34,38)(H,35,39). The number of nitriles is 1. The lowest BCUT2D eigenvalue weighted by atomic mass is 9.90. The molecule has 1 aromatic carbocycles. The van der Waals surface area contributed by atoms with Crippen LogP contribution in [0.1, 0.15) is 36.8 Å². The number of rotatable bonds is 7. The van der Waals surface area contributed by atoms with E-state index in [2.05, 4.69) is 31.7 Å². The highest BCUT2D eigenvalue weighted by Crippen LogP contribution is 2.29. The van der Waals surface area contributed by atoms with Crippen molar-refractivity contribution in [1.82, 2.24) is 20.3 Å². The Balaban J connectivity index is 1.30. The first-order chi connectivity index (χ1) is 19.1. The van der Waals surface area contributed by atoms with Crippen molar-refractivity contribution in [1.29, 1.82) is 5.26 Å². The average molecular weight is 520 g/mol. The van der Waals surface area contributed by atoms with Crippen molar-refractivity contribution in [3.05, 3.63) is 107 Å². The van der Waals surface area contributed by atoms with E-state index in [1.54, 1.807) is 35.6 Å². The number of H-pyrrole nitrogens is 1. The van der Waals surface area contributed by atoms with Gasteiger partial charge < -0.3 is 15.6 Å². The number of benzene rings is 1. The van der Waals surface area contributed by atoms with Crippen molar-refractivity contribution in [2.24, 2.45) is 0 Å². The Hall–Kier alpha value is -4.97. The number of aromatic nitrogens is 3. The summed E-state index contributed by atoms with van der Waals surface area (Å²) in [6.07, 6.45) is 8.28. The molecule has 3 aromatic heterocycles. The fourth-order valence-corrected chi connectivity index (χ4v) is 4.84. The van der Waals surface area contributed by atoms with Crippen LogP contribution in [-0.4, -0.2) is 33.1 Å². The maximum Gasteiger partial charge on any atom is 0.323 e. The number of urea groups is 1. The zero-order chi connectivity index (χ0) is 27.0. The lowest BCUT2D eigenvalue weighted by molar-refractivity contribution is 0.240. The second-order valence-corrected chi connectivity index (χ2v) is 9.55. The lowest BCUT2D eigenvalue weighted by Gasteiger charge is -2.36. The number of carbonyl (C=O) groups is 1. The summed E-state index contributed by atoms with van der Waals surface area (Å²) < 4.78 is 0. The molecule has 3 N–H and O–H groups in total. The maximum absolute atomic E-state index is 13.5. The summed E-state index contributed by atoms with van der Waals surface area (Å²) in [7, 11) is 0. The first-order valence-corrected chi connectivity index (χ1v) is 13.0. The SMILES string of the molecule is N#Cc1ccc(NC2CCC(N(C(=O)NCc3ccccc3)c3ccc(-c4ccc(=O)[nH]c4)cn3)CC2)nc1. The molecule has 0 bridgehead atoms. The van der Waals surface area contributed by atoms with Crippen molar-refractivity contribution < 1.29 is 4.79 Å². The molecule has 9 heteroatoms. The third-order valence-electron chi connectivity index (χ3n) is 6.92. The molecule has 3 heterocycles. The van der Waals surface area contributed by atoms with Crippen LogP contribution < -0.4 is 21.1 Å². The van der Waals surface area contributed by atoms with E-state index in [9.17, 15) is 9.59 Å². The molecule has 1 aliphatic carbocycles. The molecule has 5 rings (SSSR count). The highest BCUT2D eigenvalue weighted by Gasteiger charge is 2.31. The number of nitrogens with zero attached hydrogens (tertiary/aromatic N) is 4. The van der Waals surface area contributed by atoms with E-state index in [1.165, 1.54) is 6.07 Å². The average Bonchev–Trinajstić information content (AvgIpc) is 2.99. The molecule has 0 unspecified atom stereocenters. The molecule has 0 saturated heterocycles. The topological polar surface area (TPSA) is 127 Å². The minimum absolute atomic E-state index is 0.0147. The van der Waals surface area contributed by atoms with Crippen LogP contribution in [0.25, 0.3) is 11.1 Å². The number of nitrogens with one attached hydrogen (secondary N) is 3. The number of anilines is 2. The number of aromatic amines is 1. The molecular formula is C30H29N7O2. The Bertz CT molecular complexity index is 1470. The van der Waals surface area contributed by atoms with E-state index < -0.39 is 0 Å². The molecule has 1 aliphatic rings. The summed E-state index contributed by atoms with van der Waals surface area (Å²) in [6, 6.07) is 22.5. The Morgan fingerprint density at radius 3 is 2.38 bits per heavy atom. The quantitative estimate of drug-likeness (QED) is 0.321. The van der Waals surface area contributed by atoms with Crippen LogP contribution in [0.2, 0.25) is 0 Å². The van der Waals surface area contributed by atoms with Gasteiger partial charge in [0.05, 0.1) is 5.56 Å². The number of pyridine rings is 3. The molecule has 4 aromatic rings. The monoisotopic (exact) mass is 519 g/mol. The summed E-state index contributed by atoms with van der Waals surface area (Å²) in [6.45, 7) is 0.424. The van der Waals surface area contributed by atoms with Crippen molar-refractivity contribution in [2.45, 2.75) is 44.3 Å². The molecule has 9 nitrogen and oxygen atoms in total. The van der Waals surface area contributed by atoms with Gasteiger partial charge in [0.2, 0.25) is 5.56 Å². The molecule has 0 atom stereocenters. The van der Waals surface area contributed by atoms with E-state index in [1.807, 2.05) is 48.5 Å². The van der Waals surface area contributed by atoms with Crippen molar-refractivity contribution in [3.8, 4) is 17.2 Å². The molecule has 1 saturated carbocycles. The minimum atomic E-state index is -0.187. The van der Waals surface area contributed by atoms with Crippen molar-refractivity contribution >= 4 is 17.7 Å². The Labute approximate surface area is 226 Å². The van der Waals surface area contributed by atoms with Crippen LogP contribution in [0.5, 0.6) is 0 Å². The zero-order valence-corrected chi connectivity index (χ0v) is 21.4. The first-order valence-electron chi connectivity index (χ1n) is 13.0. The van der Waals surface area contributed by atoms with Crippen LogP contribution in [0.15, 0.2) is 90.1 Å². The molecule has 0 spiro atoms. The predicted octanol–water partition coefficient (Wildman–Crippen LogP) is 4.84. The first kappa shape index (κ1) is 25.7. The molecular weight excluding hydrogens is 490 g/mol. The Kier molecular flexibility index (Phi) is 7.93. The minimum Gasteiger partial charge on any atom is -0.367 e. The Morgan fingerprint density at radius 1 is 0.949 bits per heavy atom. The third kappa shape index (κ3) is 6.48. The van der Waals surface area contributed by atoms with Gasteiger partial charge >= 0.3 is 6.03 Å². The predicted molar refractivity (Wildman–Crippen MR) is 150 cm³/mol. The van der Waals surface area contributed by atoms with Crippen LogP contribution >= 0.6 is 0 Å². The summed E-state index contributed by atoms with van der Waals surface area (Å²) >= 11 is 0. The summed E-state index contributed by atoms with van der Waals surface area (Å²) in [5.41, 5.74) is 3.08. The van der Waals surface area contributed by atoms with Gasteiger partial charge in [-0.3, -0.25) is 9.69 Å². The van der Waals surface area contributed by atoms with Gasteiger partial charge in [-0.15, -0.1) is 0 Å². The van der Waals surface area contributed by atoms with Gasteiger partial charge in [-0.1, -0.05) is 30.3 Å². The van der Waals surface area contributed by atoms with E-state index in [-0.39, 0.29) is 23.7 Å². The van der Waals surface area contributed by atoms with Crippen LogP contribution in [0.3, 0.4) is 0 Å². The van der Waals surface area contributed by atoms with Crippen molar-refractivity contribution in [3.63, 3.8) is 0 Å². The van der Waals surface area contributed by atoms with Gasteiger partial charge in [-0.25, -0.2) is 14.8 Å². The highest BCUT2D eigenvalue weighted by atomic mass is 16.2. The van der Waals surface area contributed by atoms with Crippen LogP contribution in [0.4, 0.5) is 16.4 Å². The fourth-order valence-electron chi connectivity index (χ4n) is 4.84. The zero-order valence-electron chi connectivity index (χ0n) is 21.4. The molecule has 2 amide bonds. The summed E-state index contributed by atoms with van der Waals surface area (Å²) in [5.74, 6) is 1.33. The number of hydrogen-bond acceptors (Lipinski definition) is 6. The maximum atomic E-state index is 13.5. The second-order valence-electron chi connectivity index (χ2n) is 9.55. The summed E-state index contributed by atoms with van der Waals surface area (Å²) in [4.78, 5) is 38.4. The van der Waals surface area contributed by atoms with Gasteiger partial charge in [-0.05, 0) is 67.1 Å². The van der Waals surface area contributed by atoms with E-state index in [0.29, 0.717) is 17.9 Å². The fraction of sp³-hybridized carbons (Fsp3) is 0.233. The number of hydrogen-bond donors (Lipinski definition) is 3. The van der Waals surface area contributed by atoms with Gasteiger partial charge in [0, 0.05) is 48.8 Å². The number of amides is 2. The second kappa shape index (κ2) is 12.0. The number of carbonyl (C=O) groups excluding carboxylic acids is 1. The molecule has 39 heavy (non-hydrogen) atoms. The van der Waals surface area contributed by atoms with E-state index >= 15 is 0 Å². The third-order valence-corrected chi connectivity index (χ3v) is 6.92. The normalized spacial score (nSPS) is 16.6. The van der Waals surface area contributed by atoms with Gasteiger partial charge in [0.15, 0.2) is 0 Å². The van der Waals surface area contributed by atoms with Gasteiger partial charge in [-0.2, -0.15) is 5.26 Å². The summed E-state index contributed by atoms with van der Waals surface area (Å²) in [5, 5.41) is 15.5. The van der Waals surface area contributed by atoms with Gasteiger partial charge in [0.1, 0.15) is 17.7 Å². The van der Waals surface area contributed by atoms with Crippen LogP contribution in [0, 0.1) is 11.3 Å². The lowest BCUT2D eigenvalue weighted by Crippen LogP contribution is -2.49. The molecule has 0 radical (unpaired) electrons. The largest absolute Gasteiger partial charge is 0.367 e.